The zero-order valence-electron chi connectivity index (χ0n) is 16.0. The Kier molecular flexibility index (Phi) is 4.87. The van der Waals surface area contributed by atoms with Crippen molar-refractivity contribution in [3.8, 4) is 0 Å². The van der Waals surface area contributed by atoms with Crippen LogP contribution in [0.25, 0.3) is 11.2 Å². The van der Waals surface area contributed by atoms with Crippen LogP contribution in [0.2, 0.25) is 0 Å². The third kappa shape index (κ3) is 3.31. The highest BCUT2D eigenvalue weighted by Gasteiger charge is 2.16. The van der Waals surface area contributed by atoms with Gasteiger partial charge < -0.3 is 14.8 Å². The fraction of sp³-hybridized carbons (Fsp3) is 0.278. The summed E-state index contributed by atoms with van der Waals surface area (Å²) in [5.74, 6) is -0.508. The quantitative estimate of drug-likeness (QED) is 0.668. The van der Waals surface area contributed by atoms with E-state index in [9.17, 15) is 19.2 Å². The molecule has 10 heteroatoms. The van der Waals surface area contributed by atoms with Gasteiger partial charge >= 0.3 is 5.69 Å². The number of hydrogen-bond donors (Lipinski definition) is 1. The maximum absolute atomic E-state index is 12.4. The van der Waals surface area contributed by atoms with Crippen molar-refractivity contribution in [1.29, 1.82) is 0 Å². The molecule has 0 saturated heterocycles. The Morgan fingerprint density at radius 1 is 1.07 bits per heavy atom. The molecular formula is C18H20N6O4. The molecule has 0 aliphatic rings. The van der Waals surface area contributed by atoms with Crippen LogP contribution in [0, 0.1) is 0 Å². The molecule has 0 unspecified atom stereocenters. The smallest absolute Gasteiger partial charge is 0.332 e. The van der Waals surface area contributed by atoms with Gasteiger partial charge in [0.15, 0.2) is 11.2 Å². The highest BCUT2D eigenvalue weighted by atomic mass is 16.2. The zero-order chi connectivity index (χ0) is 20.6. The molecule has 0 aliphatic heterocycles. The number of hydrogen-bond acceptors (Lipinski definition) is 5. The molecule has 146 valence electrons. The van der Waals surface area contributed by atoms with Crippen molar-refractivity contribution in [3.05, 3.63) is 57.0 Å². The molecule has 1 aromatic carbocycles. The van der Waals surface area contributed by atoms with E-state index in [0.29, 0.717) is 11.3 Å². The van der Waals surface area contributed by atoms with Crippen LogP contribution in [-0.2, 0) is 25.4 Å². The first-order valence-corrected chi connectivity index (χ1v) is 8.43. The lowest BCUT2D eigenvalue weighted by Gasteiger charge is -2.11. The number of anilines is 1. The number of carbonyl (C=O) groups excluding carboxylic acids is 2. The number of nitrogens with zero attached hydrogens (tertiary/aromatic N) is 5. The van der Waals surface area contributed by atoms with Crippen molar-refractivity contribution in [1.82, 2.24) is 23.6 Å². The van der Waals surface area contributed by atoms with Crippen LogP contribution >= 0.6 is 0 Å². The Morgan fingerprint density at radius 2 is 1.71 bits per heavy atom. The van der Waals surface area contributed by atoms with Gasteiger partial charge in [0.05, 0.1) is 6.33 Å². The van der Waals surface area contributed by atoms with Crippen LogP contribution in [0.5, 0.6) is 0 Å². The summed E-state index contributed by atoms with van der Waals surface area (Å²) >= 11 is 0. The Hall–Kier alpha value is -3.69. The molecule has 0 saturated carbocycles. The lowest BCUT2D eigenvalue weighted by atomic mass is 10.2. The van der Waals surface area contributed by atoms with Gasteiger partial charge in [-0.3, -0.25) is 23.5 Å². The summed E-state index contributed by atoms with van der Waals surface area (Å²) in [5.41, 5.74) is 0.409. The van der Waals surface area contributed by atoms with E-state index in [1.54, 1.807) is 38.4 Å². The zero-order valence-corrected chi connectivity index (χ0v) is 16.0. The first-order valence-electron chi connectivity index (χ1n) is 8.43. The van der Waals surface area contributed by atoms with Crippen molar-refractivity contribution in [2.24, 2.45) is 14.1 Å². The van der Waals surface area contributed by atoms with Gasteiger partial charge in [-0.25, -0.2) is 9.78 Å². The summed E-state index contributed by atoms with van der Waals surface area (Å²) in [4.78, 5) is 54.2. The molecule has 28 heavy (non-hydrogen) atoms. The van der Waals surface area contributed by atoms with Crippen molar-refractivity contribution in [2.45, 2.75) is 6.54 Å². The molecule has 2 amide bonds. The first kappa shape index (κ1) is 19.1. The van der Waals surface area contributed by atoms with Crippen LogP contribution in [0.15, 0.2) is 40.2 Å². The monoisotopic (exact) mass is 384 g/mol. The van der Waals surface area contributed by atoms with Crippen molar-refractivity contribution >= 4 is 28.7 Å². The lowest BCUT2D eigenvalue weighted by molar-refractivity contribution is -0.116. The molecule has 2 aromatic heterocycles. The van der Waals surface area contributed by atoms with E-state index in [1.807, 2.05) is 0 Å². The van der Waals surface area contributed by atoms with Crippen LogP contribution in [0.3, 0.4) is 0 Å². The molecule has 0 radical (unpaired) electrons. The molecule has 1 N–H and O–H groups in total. The molecule has 0 bridgehead atoms. The average Bonchev–Trinajstić information content (AvgIpc) is 3.08. The average molecular weight is 384 g/mol. The number of aryl methyl sites for hydroxylation is 1. The fourth-order valence-corrected chi connectivity index (χ4v) is 2.83. The second-order valence-electron chi connectivity index (χ2n) is 6.58. The molecule has 3 rings (SSSR count). The number of fused-ring (bicyclic) bond motifs is 1. The molecule has 10 nitrogen and oxygen atoms in total. The Labute approximate surface area is 159 Å². The molecule has 0 aliphatic carbocycles. The van der Waals surface area contributed by atoms with Crippen LogP contribution in [0.4, 0.5) is 5.69 Å². The standard InChI is InChI=1S/C18H20N6O4/c1-21(2)16(26)11-5-7-12(8-6-11)20-13(25)9-24-10-19-15-14(24)17(27)23(4)18(28)22(15)3/h5-8,10H,9H2,1-4H3,(H,20,25). The number of rotatable bonds is 4. The lowest BCUT2D eigenvalue weighted by Crippen LogP contribution is -2.37. The van der Waals surface area contributed by atoms with E-state index < -0.39 is 11.2 Å². The largest absolute Gasteiger partial charge is 0.345 e. The minimum absolute atomic E-state index is 0.135. The van der Waals surface area contributed by atoms with E-state index in [4.69, 9.17) is 0 Å². The summed E-state index contributed by atoms with van der Waals surface area (Å²) in [6, 6.07) is 6.50. The Balaban J connectivity index is 1.82. The Bertz CT molecular complexity index is 1180. The normalized spacial score (nSPS) is 10.9. The molecule has 3 aromatic rings. The fourth-order valence-electron chi connectivity index (χ4n) is 2.83. The SMILES string of the molecule is CN(C)C(=O)c1ccc(NC(=O)Cn2cnc3c2c(=O)n(C)c(=O)n3C)cc1. The topological polar surface area (TPSA) is 111 Å². The van der Waals surface area contributed by atoms with E-state index in [1.165, 1.54) is 34.5 Å². The van der Waals surface area contributed by atoms with E-state index in [0.717, 1.165) is 4.57 Å². The number of benzene rings is 1. The number of amides is 2. The van der Waals surface area contributed by atoms with Gasteiger partial charge in [0.25, 0.3) is 11.5 Å². The number of carbonyl (C=O) groups is 2. The minimum Gasteiger partial charge on any atom is -0.345 e. The molecular weight excluding hydrogens is 364 g/mol. The summed E-state index contributed by atoms with van der Waals surface area (Å²) in [6.45, 7) is -0.150. The summed E-state index contributed by atoms with van der Waals surface area (Å²) < 4.78 is 3.63. The second-order valence-corrected chi connectivity index (χ2v) is 6.58. The van der Waals surface area contributed by atoms with Crippen molar-refractivity contribution in [2.75, 3.05) is 19.4 Å². The minimum atomic E-state index is -0.519. The summed E-state index contributed by atoms with van der Waals surface area (Å²) in [5, 5.41) is 2.71. The van der Waals surface area contributed by atoms with Crippen molar-refractivity contribution < 1.29 is 9.59 Å². The maximum atomic E-state index is 12.4. The van der Waals surface area contributed by atoms with Gasteiger partial charge in [-0.05, 0) is 24.3 Å². The van der Waals surface area contributed by atoms with Crippen LogP contribution in [-0.4, -0.2) is 49.5 Å². The summed E-state index contributed by atoms with van der Waals surface area (Å²) in [6.07, 6.45) is 1.35. The van der Waals surface area contributed by atoms with Crippen molar-refractivity contribution in [3.63, 3.8) is 0 Å². The molecule has 2 heterocycles. The highest BCUT2D eigenvalue weighted by molar-refractivity contribution is 5.95. The predicted octanol–water partition coefficient (Wildman–Crippen LogP) is -0.226. The van der Waals surface area contributed by atoms with Crippen LogP contribution in [0.1, 0.15) is 10.4 Å². The Morgan fingerprint density at radius 3 is 2.32 bits per heavy atom. The van der Waals surface area contributed by atoms with Gasteiger partial charge in [0, 0.05) is 39.4 Å². The molecule has 0 spiro atoms. The van der Waals surface area contributed by atoms with E-state index in [-0.39, 0.29) is 29.5 Å². The molecule has 0 fully saturated rings. The second kappa shape index (κ2) is 7.14. The van der Waals surface area contributed by atoms with Gasteiger partial charge in [0.2, 0.25) is 5.91 Å². The summed E-state index contributed by atoms with van der Waals surface area (Å²) in [7, 11) is 6.21. The number of aromatic nitrogens is 4. The maximum Gasteiger partial charge on any atom is 0.332 e. The third-order valence-corrected chi connectivity index (χ3v) is 4.35. The number of nitrogens with one attached hydrogen (secondary N) is 1. The van der Waals surface area contributed by atoms with Gasteiger partial charge in [0.1, 0.15) is 6.54 Å². The van der Waals surface area contributed by atoms with Crippen LogP contribution < -0.4 is 16.6 Å². The van der Waals surface area contributed by atoms with Gasteiger partial charge in [-0.2, -0.15) is 0 Å². The molecule has 0 atom stereocenters. The third-order valence-electron chi connectivity index (χ3n) is 4.35. The first-order chi connectivity index (χ1) is 13.2. The van der Waals surface area contributed by atoms with Gasteiger partial charge in [-0.15, -0.1) is 0 Å². The highest BCUT2D eigenvalue weighted by Crippen LogP contribution is 2.12. The van der Waals surface area contributed by atoms with Gasteiger partial charge in [-0.1, -0.05) is 0 Å². The number of imidazole rings is 1. The van der Waals surface area contributed by atoms with E-state index >= 15 is 0 Å². The predicted molar refractivity (Wildman–Crippen MR) is 103 cm³/mol. The van der Waals surface area contributed by atoms with E-state index in [2.05, 4.69) is 10.3 Å².